The van der Waals surface area contributed by atoms with Crippen LogP contribution in [0.5, 0.6) is 0 Å². The van der Waals surface area contributed by atoms with Crippen LogP contribution in [0.2, 0.25) is 0 Å². The van der Waals surface area contributed by atoms with Gasteiger partial charge in [0.15, 0.2) is 0 Å². The fourth-order valence-electron chi connectivity index (χ4n) is 2.09. The second-order valence-electron chi connectivity index (χ2n) is 4.28. The Hall–Kier alpha value is -1.62. The quantitative estimate of drug-likeness (QED) is 0.627. The third kappa shape index (κ3) is 3.42. The van der Waals surface area contributed by atoms with E-state index in [2.05, 4.69) is 10.2 Å². The number of nitro benzene ring substituents is 1. The maximum Gasteiger partial charge on any atom is 0.271 e. The number of nitro groups is 1. The molecule has 0 saturated carbocycles. The topological polar surface area (TPSA) is 58.4 Å². The predicted octanol–water partition coefficient (Wildman–Crippen LogP) is 2.10. The van der Waals surface area contributed by atoms with Crippen LogP contribution in [0.1, 0.15) is 12.8 Å². The Morgan fingerprint density at radius 3 is 2.82 bits per heavy atom. The van der Waals surface area contributed by atoms with Crippen molar-refractivity contribution in [2.75, 3.05) is 31.5 Å². The van der Waals surface area contributed by atoms with Crippen molar-refractivity contribution in [2.45, 2.75) is 12.8 Å². The standard InChI is InChI=1S/C12H17N3O2/c16-15(17)12-5-3-4-11(10-12)13-6-9-14-7-1-2-8-14/h3-5,10,13H,1-2,6-9H2. The molecule has 0 aromatic heterocycles. The first kappa shape index (κ1) is 11.9. The molecule has 2 rings (SSSR count). The van der Waals surface area contributed by atoms with Crippen LogP contribution in [-0.2, 0) is 0 Å². The average Bonchev–Trinajstić information content (AvgIpc) is 2.82. The van der Waals surface area contributed by atoms with E-state index in [1.807, 2.05) is 6.07 Å². The van der Waals surface area contributed by atoms with Gasteiger partial charge in [-0.05, 0) is 32.0 Å². The summed E-state index contributed by atoms with van der Waals surface area (Å²) in [7, 11) is 0. The minimum atomic E-state index is -0.369. The van der Waals surface area contributed by atoms with Gasteiger partial charge < -0.3 is 10.2 Å². The Kier molecular flexibility index (Phi) is 3.93. The van der Waals surface area contributed by atoms with Gasteiger partial charge in [0.05, 0.1) is 4.92 Å². The van der Waals surface area contributed by atoms with Crippen molar-refractivity contribution in [3.8, 4) is 0 Å². The van der Waals surface area contributed by atoms with E-state index in [-0.39, 0.29) is 10.6 Å². The smallest absolute Gasteiger partial charge is 0.271 e. The van der Waals surface area contributed by atoms with Gasteiger partial charge in [0, 0.05) is 30.9 Å². The fraction of sp³-hybridized carbons (Fsp3) is 0.500. The lowest BCUT2D eigenvalue weighted by atomic mass is 10.3. The van der Waals surface area contributed by atoms with Crippen molar-refractivity contribution in [3.63, 3.8) is 0 Å². The lowest BCUT2D eigenvalue weighted by molar-refractivity contribution is -0.384. The number of rotatable bonds is 5. The van der Waals surface area contributed by atoms with Crippen LogP contribution in [0, 0.1) is 10.1 Å². The van der Waals surface area contributed by atoms with Crippen LogP contribution < -0.4 is 5.32 Å². The molecule has 0 unspecified atom stereocenters. The molecule has 1 saturated heterocycles. The Bertz CT molecular complexity index is 389. The molecule has 0 aliphatic carbocycles. The Morgan fingerprint density at radius 2 is 2.12 bits per heavy atom. The van der Waals surface area contributed by atoms with Gasteiger partial charge in [0.2, 0.25) is 0 Å². The van der Waals surface area contributed by atoms with E-state index >= 15 is 0 Å². The first-order valence-electron chi connectivity index (χ1n) is 5.96. The van der Waals surface area contributed by atoms with Crippen molar-refractivity contribution in [2.24, 2.45) is 0 Å². The third-order valence-electron chi connectivity index (χ3n) is 3.01. The molecular formula is C12H17N3O2. The molecule has 92 valence electrons. The van der Waals surface area contributed by atoms with Gasteiger partial charge in [0.25, 0.3) is 5.69 Å². The molecule has 1 aliphatic heterocycles. The zero-order chi connectivity index (χ0) is 12.1. The molecule has 0 amide bonds. The number of anilines is 1. The predicted molar refractivity (Wildman–Crippen MR) is 67.3 cm³/mol. The minimum absolute atomic E-state index is 0.135. The van der Waals surface area contributed by atoms with Gasteiger partial charge in [-0.15, -0.1) is 0 Å². The Labute approximate surface area is 101 Å². The number of hydrogen-bond donors (Lipinski definition) is 1. The van der Waals surface area contributed by atoms with Gasteiger partial charge in [-0.25, -0.2) is 0 Å². The second kappa shape index (κ2) is 5.63. The van der Waals surface area contributed by atoms with Crippen LogP contribution in [-0.4, -0.2) is 36.0 Å². The highest BCUT2D eigenvalue weighted by Gasteiger charge is 2.10. The molecule has 0 atom stereocenters. The molecule has 17 heavy (non-hydrogen) atoms. The summed E-state index contributed by atoms with van der Waals surface area (Å²) in [6.45, 7) is 4.19. The second-order valence-corrected chi connectivity index (χ2v) is 4.28. The van der Waals surface area contributed by atoms with Gasteiger partial charge in [-0.3, -0.25) is 10.1 Å². The molecule has 1 heterocycles. The van der Waals surface area contributed by atoms with E-state index in [9.17, 15) is 10.1 Å². The highest BCUT2D eigenvalue weighted by Crippen LogP contribution is 2.16. The van der Waals surface area contributed by atoms with Crippen LogP contribution in [0.3, 0.4) is 0 Å². The average molecular weight is 235 g/mol. The van der Waals surface area contributed by atoms with Crippen LogP contribution in [0.15, 0.2) is 24.3 Å². The fourth-order valence-corrected chi connectivity index (χ4v) is 2.09. The van der Waals surface area contributed by atoms with E-state index in [1.54, 1.807) is 12.1 Å². The molecule has 1 fully saturated rings. The summed E-state index contributed by atoms with van der Waals surface area (Å²) < 4.78 is 0. The normalized spacial score (nSPS) is 16.0. The van der Waals surface area contributed by atoms with Crippen LogP contribution in [0.25, 0.3) is 0 Å². The van der Waals surface area contributed by atoms with Crippen molar-refractivity contribution in [3.05, 3.63) is 34.4 Å². The van der Waals surface area contributed by atoms with Crippen molar-refractivity contribution in [1.29, 1.82) is 0 Å². The van der Waals surface area contributed by atoms with Gasteiger partial charge in [-0.1, -0.05) is 6.07 Å². The summed E-state index contributed by atoms with van der Waals surface area (Å²) in [5, 5.41) is 13.8. The summed E-state index contributed by atoms with van der Waals surface area (Å²) in [6.07, 6.45) is 2.58. The van der Waals surface area contributed by atoms with E-state index in [0.717, 1.165) is 18.8 Å². The number of likely N-dealkylation sites (tertiary alicyclic amines) is 1. The largest absolute Gasteiger partial charge is 0.384 e. The zero-order valence-electron chi connectivity index (χ0n) is 9.76. The molecule has 0 radical (unpaired) electrons. The van der Waals surface area contributed by atoms with Crippen molar-refractivity contribution < 1.29 is 4.92 Å². The monoisotopic (exact) mass is 235 g/mol. The third-order valence-corrected chi connectivity index (χ3v) is 3.01. The van der Waals surface area contributed by atoms with Crippen molar-refractivity contribution >= 4 is 11.4 Å². The summed E-state index contributed by atoms with van der Waals surface area (Å²) in [5.41, 5.74) is 0.953. The number of nitrogens with zero attached hydrogens (tertiary/aromatic N) is 2. The molecule has 1 aromatic rings. The summed E-state index contributed by atoms with van der Waals surface area (Å²) in [6, 6.07) is 6.64. The summed E-state index contributed by atoms with van der Waals surface area (Å²) in [5.74, 6) is 0. The zero-order valence-corrected chi connectivity index (χ0v) is 9.76. The molecular weight excluding hydrogens is 218 g/mol. The molecule has 0 spiro atoms. The molecule has 1 N–H and O–H groups in total. The van der Waals surface area contributed by atoms with Gasteiger partial charge in [-0.2, -0.15) is 0 Å². The molecule has 0 bridgehead atoms. The lowest BCUT2D eigenvalue weighted by Crippen LogP contribution is -2.25. The number of hydrogen-bond acceptors (Lipinski definition) is 4. The van der Waals surface area contributed by atoms with E-state index < -0.39 is 0 Å². The molecule has 1 aromatic carbocycles. The van der Waals surface area contributed by atoms with Gasteiger partial charge >= 0.3 is 0 Å². The van der Waals surface area contributed by atoms with Crippen LogP contribution in [0.4, 0.5) is 11.4 Å². The Balaban J connectivity index is 1.81. The SMILES string of the molecule is O=[N+]([O-])c1cccc(NCCN2CCCC2)c1. The highest BCUT2D eigenvalue weighted by molar-refractivity contribution is 5.50. The van der Waals surface area contributed by atoms with E-state index in [4.69, 9.17) is 0 Å². The Morgan fingerprint density at radius 1 is 1.35 bits per heavy atom. The lowest BCUT2D eigenvalue weighted by Gasteiger charge is -2.15. The molecule has 5 nitrogen and oxygen atoms in total. The summed E-state index contributed by atoms with van der Waals surface area (Å²) >= 11 is 0. The van der Waals surface area contributed by atoms with E-state index in [1.165, 1.54) is 32.0 Å². The summed E-state index contributed by atoms with van der Waals surface area (Å²) in [4.78, 5) is 12.6. The first-order chi connectivity index (χ1) is 8.25. The van der Waals surface area contributed by atoms with Crippen LogP contribution >= 0.6 is 0 Å². The van der Waals surface area contributed by atoms with Gasteiger partial charge in [0.1, 0.15) is 0 Å². The molecule has 1 aliphatic rings. The minimum Gasteiger partial charge on any atom is -0.384 e. The maximum atomic E-state index is 10.6. The van der Waals surface area contributed by atoms with Crippen molar-refractivity contribution in [1.82, 2.24) is 4.90 Å². The number of benzene rings is 1. The number of non-ortho nitro benzene ring substituents is 1. The maximum absolute atomic E-state index is 10.6. The number of nitrogens with one attached hydrogen (secondary N) is 1. The highest BCUT2D eigenvalue weighted by atomic mass is 16.6. The first-order valence-corrected chi connectivity index (χ1v) is 5.96. The molecule has 5 heteroatoms. The van der Waals surface area contributed by atoms with E-state index in [0.29, 0.717) is 0 Å².